The molecule has 2 heterocycles. The number of aromatic nitrogens is 3. The lowest BCUT2D eigenvalue weighted by molar-refractivity contribution is 0.470. The predicted octanol–water partition coefficient (Wildman–Crippen LogP) is 1.95. The highest BCUT2D eigenvalue weighted by Crippen LogP contribution is 2.31. The van der Waals surface area contributed by atoms with Crippen molar-refractivity contribution in [2.75, 3.05) is 11.5 Å². The average molecular weight is 245 g/mol. The molecule has 0 aliphatic heterocycles. The van der Waals surface area contributed by atoms with Crippen molar-refractivity contribution in [2.45, 2.75) is 19.8 Å². The van der Waals surface area contributed by atoms with Gasteiger partial charge < -0.3 is 16.2 Å². The first-order valence-corrected chi connectivity index (χ1v) is 5.57. The van der Waals surface area contributed by atoms with Crippen LogP contribution in [0.2, 0.25) is 0 Å². The van der Waals surface area contributed by atoms with Crippen LogP contribution in [0.15, 0.2) is 24.7 Å². The van der Waals surface area contributed by atoms with Gasteiger partial charge >= 0.3 is 0 Å². The second-order valence-electron chi connectivity index (χ2n) is 4.15. The summed E-state index contributed by atoms with van der Waals surface area (Å²) >= 11 is 0. The molecule has 0 saturated carbocycles. The Labute approximate surface area is 105 Å². The van der Waals surface area contributed by atoms with E-state index in [0.29, 0.717) is 17.4 Å². The molecule has 0 atom stereocenters. The zero-order chi connectivity index (χ0) is 13.1. The van der Waals surface area contributed by atoms with Crippen molar-refractivity contribution in [2.24, 2.45) is 0 Å². The quantitative estimate of drug-likeness (QED) is 0.857. The molecule has 0 radical (unpaired) electrons. The van der Waals surface area contributed by atoms with Gasteiger partial charge in [-0.05, 0) is 12.0 Å². The van der Waals surface area contributed by atoms with Crippen molar-refractivity contribution in [3.05, 3.63) is 30.2 Å². The monoisotopic (exact) mass is 245 g/mol. The maximum Gasteiger partial charge on any atom is 0.222 e. The fourth-order valence-corrected chi connectivity index (χ4v) is 1.52. The van der Waals surface area contributed by atoms with Gasteiger partial charge in [0.2, 0.25) is 5.95 Å². The van der Waals surface area contributed by atoms with E-state index < -0.39 is 0 Å². The maximum atomic E-state index is 5.72. The molecule has 0 spiro atoms. The van der Waals surface area contributed by atoms with Gasteiger partial charge in [0, 0.05) is 18.0 Å². The molecule has 0 aliphatic carbocycles. The van der Waals surface area contributed by atoms with E-state index >= 15 is 0 Å². The molecule has 2 aromatic rings. The summed E-state index contributed by atoms with van der Waals surface area (Å²) in [5.74, 6) is 1.72. The number of ether oxygens (including phenoxy) is 1. The van der Waals surface area contributed by atoms with Gasteiger partial charge in [0.1, 0.15) is 5.75 Å². The maximum absolute atomic E-state index is 5.72. The first kappa shape index (κ1) is 12.1. The Morgan fingerprint density at radius 3 is 2.61 bits per heavy atom. The standard InChI is InChI=1S/C12H15N5O/c1-7(2)8-5-15-4-3-9(8)18-10-6-16-12(14)17-11(10)13/h3-7H,1-2H3,(H4,13,14,16,17). The summed E-state index contributed by atoms with van der Waals surface area (Å²) in [5, 5.41) is 0. The third kappa shape index (κ3) is 2.48. The molecule has 0 amide bonds. The normalized spacial score (nSPS) is 10.6. The van der Waals surface area contributed by atoms with Crippen LogP contribution in [-0.4, -0.2) is 15.0 Å². The zero-order valence-electron chi connectivity index (χ0n) is 10.3. The van der Waals surface area contributed by atoms with Crippen molar-refractivity contribution in [1.82, 2.24) is 15.0 Å². The minimum Gasteiger partial charge on any atom is -0.451 e. The third-order valence-electron chi connectivity index (χ3n) is 2.45. The van der Waals surface area contributed by atoms with Crippen molar-refractivity contribution in [1.29, 1.82) is 0 Å². The molecule has 0 saturated heterocycles. The van der Waals surface area contributed by atoms with Crippen LogP contribution >= 0.6 is 0 Å². The number of pyridine rings is 1. The number of hydrogen-bond acceptors (Lipinski definition) is 6. The molecule has 0 bridgehead atoms. The van der Waals surface area contributed by atoms with Crippen LogP contribution in [0.5, 0.6) is 11.5 Å². The van der Waals surface area contributed by atoms with E-state index in [4.69, 9.17) is 16.2 Å². The van der Waals surface area contributed by atoms with Gasteiger partial charge in [-0.1, -0.05) is 13.8 Å². The van der Waals surface area contributed by atoms with E-state index in [1.54, 1.807) is 18.5 Å². The SMILES string of the molecule is CC(C)c1cnccc1Oc1cnc(N)nc1N. The van der Waals surface area contributed by atoms with E-state index in [1.807, 2.05) is 0 Å². The van der Waals surface area contributed by atoms with Crippen LogP contribution in [0, 0.1) is 0 Å². The minimum atomic E-state index is 0.124. The topological polar surface area (TPSA) is 99.9 Å². The Morgan fingerprint density at radius 2 is 1.94 bits per heavy atom. The van der Waals surface area contributed by atoms with Gasteiger partial charge in [0.15, 0.2) is 11.6 Å². The summed E-state index contributed by atoms with van der Waals surface area (Å²) in [6.07, 6.45) is 4.89. The Morgan fingerprint density at radius 1 is 1.17 bits per heavy atom. The number of nitrogens with two attached hydrogens (primary N) is 2. The van der Waals surface area contributed by atoms with Gasteiger partial charge in [-0.25, -0.2) is 4.98 Å². The van der Waals surface area contributed by atoms with E-state index in [-0.39, 0.29) is 11.8 Å². The first-order valence-electron chi connectivity index (χ1n) is 5.57. The van der Waals surface area contributed by atoms with Gasteiger partial charge in [0.25, 0.3) is 0 Å². The predicted molar refractivity (Wildman–Crippen MR) is 69.3 cm³/mol. The summed E-state index contributed by atoms with van der Waals surface area (Å²) < 4.78 is 5.71. The summed E-state index contributed by atoms with van der Waals surface area (Å²) in [6.45, 7) is 4.12. The van der Waals surface area contributed by atoms with Crippen LogP contribution in [0.25, 0.3) is 0 Å². The number of hydrogen-bond donors (Lipinski definition) is 2. The molecule has 2 aromatic heterocycles. The fourth-order valence-electron chi connectivity index (χ4n) is 1.52. The molecule has 18 heavy (non-hydrogen) atoms. The Bertz CT molecular complexity index is 556. The summed E-state index contributed by atoms with van der Waals surface area (Å²) in [6, 6.07) is 1.78. The average Bonchev–Trinajstić information content (AvgIpc) is 2.33. The number of nitrogens with zero attached hydrogens (tertiary/aromatic N) is 3. The highest BCUT2D eigenvalue weighted by atomic mass is 16.5. The number of rotatable bonds is 3. The van der Waals surface area contributed by atoms with E-state index in [2.05, 4.69) is 28.8 Å². The van der Waals surface area contributed by atoms with Crippen molar-refractivity contribution >= 4 is 11.8 Å². The summed E-state index contributed by atoms with van der Waals surface area (Å²) in [5.41, 5.74) is 12.1. The van der Waals surface area contributed by atoms with Crippen LogP contribution in [0.4, 0.5) is 11.8 Å². The number of nitrogen functional groups attached to an aromatic ring is 2. The van der Waals surface area contributed by atoms with Gasteiger partial charge in [-0.3, -0.25) is 4.98 Å². The Balaban J connectivity index is 2.34. The summed E-state index contributed by atoms with van der Waals surface area (Å²) in [4.78, 5) is 11.8. The minimum absolute atomic E-state index is 0.124. The molecule has 0 aromatic carbocycles. The van der Waals surface area contributed by atoms with Gasteiger partial charge in [-0.15, -0.1) is 0 Å². The molecule has 6 nitrogen and oxygen atoms in total. The van der Waals surface area contributed by atoms with E-state index in [0.717, 1.165) is 5.56 Å². The molecule has 6 heteroatoms. The largest absolute Gasteiger partial charge is 0.451 e. The lowest BCUT2D eigenvalue weighted by Gasteiger charge is -2.13. The lowest BCUT2D eigenvalue weighted by Crippen LogP contribution is -2.02. The Hall–Kier alpha value is -2.37. The Kier molecular flexibility index (Phi) is 3.27. The second kappa shape index (κ2) is 4.87. The molecule has 0 aliphatic rings. The number of anilines is 2. The molecular formula is C12H15N5O. The van der Waals surface area contributed by atoms with E-state index in [1.165, 1.54) is 6.20 Å². The molecule has 4 N–H and O–H groups in total. The second-order valence-corrected chi connectivity index (χ2v) is 4.15. The molecule has 94 valence electrons. The van der Waals surface area contributed by atoms with Crippen molar-refractivity contribution < 1.29 is 4.74 Å². The fraction of sp³-hybridized carbons (Fsp3) is 0.250. The van der Waals surface area contributed by atoms with Crippen LogP contribution in [0.3, 0.4) is 0 Å². The third-order valence-corrected chi connectivity index (χ3v) is 2.45. The first-order chi connectivity index (χ1) is 8.58. The molecule has 0 fully saturated rings. The van der Waals surface area contributed by atoms with Crippen LogP contribution in [0.1, 0.15) is 25.3 Å². The van der Waals surface area contributed by atoms with Gasteiger partial charge in [-0.2, -0.15) is 4.98 Å². The van der Waals surface area contributed by atoms with Crippen molar-refractivity contribution in [3.8, 4) is 11.5 Å². The summed E-state index contributed by atoms with van der Waals surface area (Å²) in [7, 11) is 0. The lowest BCUT2D eigenvalue weighted by atomic mass is 10.1. The van der Waals surface area contributed by atoms with Gasteiger partial charge in [0.05, 0.1) is 6.20 Å². The highest BCUT2D eigenvalue weighted by Gasteiger charge is 2.11. The molecule has 2 rings (SSSR count). The molecular weight excluding hydrogens is 230 g/mol. The van der Waals surface area contributed by atoms with E-state index in [9.17, 15) is 0 Å². The molecule has 0 unspecified atom stereocenters. The smallest absolute Gasteiger partial charge is 0.222 e. The van der Waals surface area contributed by atoms with Crippen molar-refractivity contribution in [3.63, 3.8) is 0 Å². The van der Waals surface area contributed by atoms with Crippen LogP contribution < -0.4 is 16.2 Å². The van der Waals surface area contributed by atoms with Crippen LogP contribution in [-0.2, 0) is 0 Å². The zero-order valence-corrected chi connectivity index (χ0v) is 10.3. The highest BCUT2D eigenvalue weighted by molar-refractivity contribution is 5.49.